The second kappa shape index (κ2) is 11.5. The average molecular weight is 581 g/mol. The Bertz CT molecular complexity index is 1420. The maximum Gasteiger partial charge on any atom is 0.435 e. The third-order valence-corrected chi connectivity index (χ3v) is 6.97. The lowest BCUT2D eigenvalue weighted by Crippen LogP contribution is -2.49. The van der Waals surface area contributed by atoms with E-state index in [1.807, 2.05) is 0 Å². The predicted molar refractivity (Wildman–Crippen MR) is 138 cm³/mol. The first-order chi connectivity index (χ1) is 19.2. The van der Waals surface area contributed by atoms with Gasteiger partial charge in [-0.1, -0.05) is 0 Å². The molecule has 0 bridgehead atoms. The molecular weight excluding hydrogens is 551 g/mol. The highest BCUT2D eigenvalue weighted by atomic mass is 19.4. The molecule has 41 heavy (non-hydrogen) atoms. The van der Waals surface area contributed by atoms with Gasteiger partial charge in [0.25, 0.3) is 0 Å². The number of rotatable bonds is 8. The fraction of sp³-hybridized carbons (Fsp3) is 0.393. The average Bonchev–Trinajstić information content (AvgIpc) is 3.23. The summed E-state index contributed by atoms with van der Waals surface area (Å²) in [5.41, 5.74) is -2.02. The van der Waals surface area contributed by atoms with Gasteiger partial charge in [0.05, 0.1) is 12.7 Å². The number of carbonyl (C=O) groups is 2. The van der Waals surface area contributed by atoms with Crippen molar-refractivity contribution in [1.29, 1.82) is 0 Å². The second-order valence-electron chi connectivity index (χ2n) is 10.3. The molecule has 0 aliphatic heterocycles. The Morgan fingerprint density at radius 2 is 1.80 bits per heavy atom. The van der Waals surface area contributed by atoms with Crippen LogP contribution in [0.25, 0.3) is 0 Å². The van der Waals surface area contributed by atoms with E-state index in [1.165, 1.54) is 26.0 Å². The van der Waals surface area contributed by atoms with Crippen molar-refractivity contribution >= 4 is 17.5 Å². The van der Waals surface area contributed by atoms with Gasteiger partial charge in [-0.05, 0) is 61.7 Å². The van der Waals surface area contributed by atoms with Crippen LogP contribution in [0.1, 0.15) is 35.9 Å². The molecule has 4 rings (SSSR count). The third kappa shape index (κ3) is 7.02. The number of benzene rings is 2. The molecule has 0 saturated carbocycles. The van der Waals surface area contributed by atoms with Crippen molar-refractivity contribution in [1.82, 2.24) is 15.1 Å². The Kier molecular flexibility index (Phi) is 8.39. The lowest BCUT2D eigenvalue weighted by atomic mass is 9.84. The Hall–Kier alpha value is -4.00. The van der Waals surface area contributed by atoms with Crippen molar-refractivity contribution in [3.05, 3.63) is 76.6 Å². The van der Waals surface area contributed by atoms with Crippen LogP contribution in [0.3, 0.4) is 0 Å². The molecule has 2 atom stereocenters. The monoisotopic (exact) mass is 580 g/mol. The molecule has 8 nitrogen and oxygen atoms in total. The molecular formula is C28H29F5N4O4. The van der Waals surface area contributed by atoms with Crippen molar-refractivity contribution in [2.45, 2.75) is 57.0 Å². The van der Waals surface area contributed by atoms with Crippen LogP contribution in [0, 0.1) is 11.6 Å². The number of carbonyl (C=O) groups excluding carboxylic acids is 2. The lowest BCUT2D eigenvalue weighted by Gasteiger charge is -2.29. The van der Waals surface area contributed by atoms with Crippen LogP contribution in [-0.2, 0) is 41.6 Å². The Morgan fingerprint density at radius 1 is 1.17 bits per heavy atom. The first-order valence-corrected chi connectivity index (χ1v) is 12.7. The summed E-state index contributed by atoms with van der Waals surface area (Å²) < 4.78 is 75.0. The fourth-order valence-corrected chi connectivity index (χ4v) is 4.92. The van der Waals surface area contributed by atoms with E-state index in [-0.39, 0.29) is 42.5 Å². The van der Waals surface area contributed by atoms with Crippen molar-refractivity contribution in [2.75, 3.05) is 19.1 Å². The Balaban J connectivity index is 1.61. The predicted octanol–water partition coefficient (Wildman–Crippen LogP) is 3.82. The number of aromatic nitrogens is 2. The van der Waals surface area contributed by atoms with Gasteiger partial charge in [0.1, 0.15) is 30.0 Å². The summed E-state index contributed by atoms with van der Waals surface area (Å²) in [4.78, 5) is 27.9. The lowest BCUT2D eigenvalue weighted by molar-refractivity contribution is -0.142. The van der Waals surface area contributed by atoms with E-state index in [9.17, 15) is 36.6 Å². The van der Waals surface area contributed by atoms with E-state index in [0.29, 0.717) is 17.5 Å². The van der Waals surface area contributed by atoms with Crippen LogP contribution < -0.4 is 15.0 Å². The molecule has 2 aromatic carbocycles. The summed E-state index contributed by atoms with van der Waals surface area (Å²) in [5, 5.41) is 16.5. The fourth-order valence-electron chi connectivity index (χ4n) is 4.92. The molecule has 1 heterocycles. The van der Waals surface area contributed by atoms with Crippen molar-refractivity contribution in [3.63, 3.8) is 0 Å². The van der Waals surface area contributed by atoms with Crippen LogP contribution in [0.5, 0.6) is 5.75 Å². The zero-order chi connectivity index (χ0) is 30.1. The number of anilines is 1. The number of hydrogen-bond donors (Lipinski definition) is 2. The van der Waals surface area contributed by atoms with E-state index in [4.69, 9.17) is 4.74 Å². The number of hydrogen-bond acceptors (Lipinski definition) is 5. The van der Waals surface area contributed by atoms with Crippen LogP contribution >= 0.6 is 0 Å². The van der Waals surface area contributed by atoms with Gasteiger partial charge in [-0.25, -0.2) is 8.78 Å². The number of likely N-dealkylation sites (N-methyl/N-ethyl adjacent to an activating group) is 1. The number of fused-ring (bicyclic) bond motifs is 1. The minimum Gasteiger partial charge on any atom is -0.497 e. The van der Waals surface area contributed by atoms with E-state index < -0.39 is 53.5 Å². The van der Waals surface area contributed by atoms with E-state index in [2.05, 4.69) is 10.4 Å². The number of nitrogens with one attached hydrogen (secondary N) is 1. The number of halogens is 5. The van der Waals surface area contributed by atoms with Gasteiger partial charge in [0, 0.05) is 42.9 Å². The zero-order valence-corrected chi connectivity index (χ0v) is 22.6. The third-order valence-electron chi connectivity index (χ3n) is 6.97. The molecule has 2 N–H and O–H groups in total. The van der Waals surface area contributed by atoms with E-state index in [0.717, 1.165) is 16.8 Å². The number of methoxy groups -OCH3 is 1. The molecule has 13 heteroatoms. The molecule has 0 saturated heterocycles. The standard InChI is InChI=1S/C28H29F5N4O4/c1-27(40)9-8-23-21(14-27)25(28(31,32)33)35-37(23)15-24(38)34-22(12-16-10-17(29)13-18(30)11-16)26(39)36(2)19-4-6-20(41-3)7-5-19/h4-7,10-11,13,22,40H,8-9,12,14-15H2,1-3H3,(H,34,38). The summed E-state index contributed by atoms with van der Waals surface area (Å²) in [6, 6.07) is 7.81. The normalized spacial score (nSPS) is 17.5. The van der Waals surface area contributed by atoms with Gasteiger partial charge in [0.2, 0.25) is 11.8 Å². The molecule has 1 aliphatic rings. The summed E-state index contributed by atoms with van der Waals surface area (Å²) in [5.74, 6) is -2.68. The molecule has 3 aromatic rings. The Morgan fingerprint density at radius 3 is 2.39 bits per heavy atom. The highest BCUT2D eigenvalue weighted by Crippen LogP contribution is 2.38. The smallest absolute Gasteiger partial charge is 0.435 e. The molecule has 0 spiro atoms. The number of aliphatic hydroxyl groups is 1. The molecule has 2 amide bonds. The molecule has 1 aliphatic carbocycles. The zero-order valence-electron chi connectivity index (χ0n) is 22.6. The number of amides is 2. The van der Waals surface area contributed by atoms with Gasteiger partial charge in [-0.2, -0.15) is 18.3 Å². The van der Waals surface area contributed by atoms with Crippen LogP contribution in [-0.4, -0.2) is 52.5 Å². The van der Waals surface area contributed by atoms with Gasteiger partial charge in [-0.3, -0.25) is 14.3 Å². The molecule has 2 unspecified atom stereocenters. The minimum absolute atomic E-state index is 0.0594. The van der Waals surface area contributed by atoms with Crippen LogP contribution in [0.4, 0.5) is 27.6 Å². The molecule has 220 valence electrons. The summed E-state index contributed by atoms with van der Waals surface area (Å²) >= 11 is 0. The topological polar surface area (TPSA) is 96.7 Å². The van der Waals surface area contributed by atoms with E-state index >= 15 is 0 Å². The largest absolute Gasteiger partial charge is 0.497 e. The number of ether oxygens (including phenoxy) is 1. The molecule has 0 radical (unpaired) electrons. The highest BCUT2D eigenvalue weighted by molar-refractivity contribution is 5.99. The number of nitrogens with zero attached hydrogens (tertiary/aromatic N) is 3. The quantitative estimate of drug-likeness (QED) is 0.395. The van der Waals surface area contributed by atoms with Gasteiger partial charge in [-0.15, -0.1) is 0 Å². The highest BCUT2D eigenvalue weighted by Gasteiger charge is 2.43. The summed E-state index contributed by atoms with van der Waals surface area (Å²) in [6.07, 6.45) is -5.15. The van der Waals surface area contributed by atoms with Crippen LogP contribution in [0.2, 0.25) is 0 Å². The maximum absolute atomic E-state index is 13.9. The minimum atomic E-state index is -4.81. The molecule has 1 aromatic heterocycles. The number of alkyl halides is 3. The summed E-state index contributed by atoms with van der Waals surface area (Å²) in [7, 11) is 2.92. The van der Waals surface area contributed by atoms with E-state index in [1.54, 1.807) is 24.3 Å². The summed E-state index contributed by atoms with van der Waals surface area (Å²) in [6.45, 7) is 0.791. The van der Waals surface area contributed by atoms with Crippen LogP contribution in [0.15, 0.2) is 42.5 Å². The van der Waals surface area contributed by atoms with Gasteiger partial charge in [0.15, 0.2) is 5.69 Å². The first-order valence-electron chi connectivity index (χ1n) is 12.7. The van der Waals surface area contributed by atoms with Crippen molar-refractivity contribution in [2.24, 2.45) is 0 Å². The van der Waals surface area contributed by atoms with Gasteiger partial charge >= 0.3 is 6.18 Å². The second-order valence-corrected chi connectivity index (χ2v) is 10.3. The van der Waals surface area contributed by atoms with Gasteiger partial charge < -0.3 is 20.1 Å². The first kappa shape index (κ1) is 30.0. The molecule has 0 fully saturated rings. The van der Waals surface area contributed by atoms with Crippen molar-refractivity contribution in [3.8, 4) is 5.75 Å². The Labute approximate surface area is 232 Å². The van der Waals surface area contributed by atoms with Crippen molar-refractivity contribution < 1.29 is 41.4 Å². The SMILES string of the molecule is COc1ccc(N(C)C(=O)C(Cc2cc(F)cc(F)c2)NC(=O)Cn2nc(C(F)(F)F)c3c2CCC(C)(O)C3)cc1. The maximum atomic E-state index is 13.9.